The molecule has 0 atom stereocenters. The number of ether oxygens (including phenoxy) is 1. The number of furan rings is 1. The molecule has 0 bridgehead atoms. The number of para-hydroxylation sites is 2. The Morgan fingerprint density at radius 1 is 0.962 bits per heavy atom. The summed E-state index contributed by atoms with van der Waals surface area (Å²) in [6, 6.07) is 21.0. The van der Waals surface area contributed by atoms with Crippen LogP contribution in [0.15, 0.2) is 71.1 Å². The van der Waals surface area contributed by atoms with Crippen LogP contribution in [0.3, 0.4) is 0 Å². The van der Waals surface area contributed by atoms with E-state index in [1.807, 2.05) is 66.7 Å². The highest BCUT2D eigenvalue weighted by Gasteiger charge is 2.13. The van der Waals surface area contributed by atoms with Crippen molar-refractivity contribution < 1.29 is 13.9 Å². The zero-order valence-electron chi connectivity index (χ0n) is 14.3. The van der Waals surface area contributed by atoms with Crippen molar-refractivity contribution in [1.29, 1.82) is 0 Å². The van der Waals surface area contributed by atoms with Crippen LogP contribution in [0.4, 0.5) is 11.4 Å². The monoisotopic (exact) mass is 346 g/mol. The topological polar surface area (TPSA) is 63.5 Å². The van der Waals surface area contributed by atoms with Gasteiger partial charge in [0.15, 0.2) is 0 Å². The fourth-order valence-electron chi connectivity index (χ4n) is 2.96. The van der Waals surface area contributed by atoms with Crippen LogP contribution in [-0.4, -0.2) is 19.6 Å². The van der Waals surface area contributed by atoms with Crippen LogP contribution < -0.4 is 15.4 Å². The van der Waals surface area contributed by atoms with E-state index >= 15 is 0 Å². The molecule has 0 unspecified atom stereocenters. The van der Waals surface area contributed by atoms with E-state index in [1.165, 1.54) is 0 Å². The maximum absolute atomic E-state index is 12.2. The summed E-state index contributed by atoms with van der Waals surface area (Å²) in [5, 5.41) is 7.99. The molecule has 1 heterocycles. The molecule has 0 saturated heterocycles. The lowest BCUT2D eigenvalue weighted by atomic mass is 10.1. The first-order valence-corrected chi connectivity index (χ1v) is 8.32. The second-order valence-electron chi connectivity index (χ2n) is 5.91. The van der Waals surface area contributed by atoms with Crippen LogP contribution in [0.2, 0.25) is 0 Å². The van der Waals surface area contributed by atoms with E-state index in [-0.39, 0.29) is 12.5 Å². The summed E-state index contributed by atoms with van der Waals surface area (Å²) in [5.41, 5.74) is 3.04. The van der Waals surface area contributed by atoms with Crippen LogP contribution >= 0.6 is 0 Å². The molecule has 26 heavy (non-hydrogen) atoms. The molecule has 4 rings (SSSR count). The fourth-order valence-corrected chi connectivity index (χ4v) is 2.96. The molecule has 0 fully saturated rings. The second-order valence-corrected chi connectivity index (χ2v) is 5.91. The van der Waals surface area contributed by atoms with Gasteiger partial charge in [0.2, 0.25) is 5.91 Å². The summed E-state index contributed by atoms with van der Waals surface area (Å²) in [7, 11) is 1.61. The van der Waals surface area contributed by atoms with Gasteiger partial charge in [-0.25, -0.2) is 0 Å². The third-order valence-electron chi connectivity index (χ3n) is 4.20. The van der Waals surface area contributed by atoms with Gasteiger partial charge in [0.1, 0.15) is 16.9 Å². The Morgan fingerprint density at radius 2 is 1.73 bits per heavy atom. The van der Waals surface area contributed by atoms with Crippen LogP contribution in [0.25, 0.3) is 21.9 Å². The molecular formula is C21H18N2O3. The molecule has 4 aromatic rings. The molecule has 0 aliphatic carbocycles. The maximum Gasteiger partial charge on any atom is 0.243 e. The van der Waals surface area contributed by atoms with Gasteiger partial charge in [-0.05, 0) is 24.3 Å². The summed E-state index contributed by atoms with van der Waals surface area (Å²) < 4.78 is 11.4. The highest BCUT2D eigenvalue weighted by atomic mass is 16.5. The zero-order chi connectivity index (χ0) is 17.9. The van der Waals surface area contributed by atoms with E-state index in [9.17, 15) is 4.79 Å². The number of anilines is 2. The van der Waals surface area contributed by atoms with E-state index in [0.29, 0.717) is 11.4 Å². The van der Waals surface area contributed by atoms with Crippen molar-refractivity contribution in [3.63, 3.8) is 0 Å². The highest BCUT2D eigenvalue weighted by Crippen LogP contribution is 2.36. The van der Waals surface area contributed by atoms with Crippen LogP contribution in [0.1, 0.15) is 0 Å². The number of fused-ring (bicyclic) bond motifs is 3. The van der Waals surface area contributed by atoms with Crippen molar-refractivity contribution in [3.8, 4) is 5.75 Å². The Balaban J connectivity index is 1.57. The summed E-state index contributed by atoms with van der Waals surface area (Å²) in [4.78, 5) is 12.2. The molecule has 1 amide bonds. The summed E-state index contributed by atoms with van der Waals surface area (Å²) in [6.07, 6.45) is 0. The minimum Gasteiger partial charge on any atom is -0.495 e. The number of carbonyl (C=O) groups is 1. The van der Waals surface area contributed by atoms with Crippen molar-refractivity contribution in [3.05, 3.63) is 66.7 Å². The van der Waals surface area contributed by atoms with Crippen LogP contribution in [0.5, 0.6) is 5.75 Å². The average molecular weight is 346 g/mol. The number of hydrogen-bond donors (Lipinski definition) is 2. The standard InChI is InChI=1S/C21H18N2O3/c1-25-20-11-16-15-9-5-6-10-18(15)26-19(16)12-17(20)22-13-21(24)23-14-7-3-2-4-8-14/h2-12,22H,13H2,1H3,(H,23,24). The van der Waals surface area contributed by atoms with E-state index in [4.69, 9.17) is 9.15 Å². The van der Waals surface area contributed by atoms with Crippen molar-refractivity contribution in [2.45, 2.75) is 0 Å². The quantitative estimate of drug-likeness (QED) is 0.552. The summed E-state index contributed by atoms with van der Waals surface area (Å²) in [6.45, 7) is 0.122. The number of nitrogens with one attached hydrogen (secondary N) is 2. The van der Waals surface area contributed by atoms with Gasteiger partial charge in [0.05, 0.1) is 19.3 Å². The summed E-state index contributed by atoms with van der Waals surface area (Å²) >= 11 is 0. The van der Waals surface area contributed by atoms with Crippen LogP contribution in [0, 0.1) is 0 Å². The van der Waals surface area contributed by atoms with Gasteiger partial charge >= 0.3 is 0 Å². The lowest BCUT2D eigenvalue weighted by molar-refractivity contribution is -0.114. The summed E-state index contributed by atoms with van der Waals surface area (Å²) in [5.74, 6) is 0.527. The van der Waals surface area contributed by atoms with Gasteiger partial charge in [-0.1, -0.05) is 36.4 Å². The smallest absolute Gasteiger partial charge is 0.243 e. The molecule has 3 aromatic carbocycles. The molecule has 5 heteroatoms. The Morgan fingerprint density at radius 3 is 2.54 bits per heavy atom. The molecule has 0 spiro atoms. The van der Waals surface area contributed by atoms with Crippen molar-refractivity contribution in [1.82, 2.24) is 0 Å². The van der Waals surface area contributed by atoms with E-state index < -0.39 is 0 Å². The van der Waals surface area contributed by atoms with Crippen molar-refractivity contribution in [2.24, 2.45) is 0 Å². The first-order chi connectivity index (χ1) is 12.7. The minimum atomic E-state index is -0.136. The van der Waals surface area contributed by atoms with Crippen molar-refractivity contribution in [2.75, 3.05) is 24.3 Å². The third kappa shape index (κ3) is 3.07. The number of benzene rings is 3. The van der Waals surface area contributed by atoms with Gasteiger partial charge in [0.25, 0.3) is 0 Å². The fraction of sp³-hybridized carbons (Fsp3) is 0.0952. The first kappa shape index (κ1) is 16.0. The first-order valence-electron chi connectivity index (χ1n) is 8.32. The Hall–Kier alpha value is -3.47. The zero-order valence-corrected chi connectivity index (χ0v) is 14.3. The number of hydrogen-bond acceptors (Lipinski definition) is 4. The molecule has 0 saturated carbocycles. The molecule has 2 N–H and O–H groups in total. The van der Waals surface area contributed by atoms with E-state index in [1.54, 1.807) is 7.11 Å². The Bertz CT molecular complexity index is 1070. The number of amides is 1. The Kier molecular flexibility index (Phi) is 4.19. The van der Waals surface area contributed by atoms with Gasteiger partial charge in [-0.2, -0.15) is 0 Å². The molecule has 0 aliphatic rings. The molecular weight excluding hydrogens is 328 g/mol. The van der Waals surface area contributed by atoms with Crippen LogP contribution in [-0.2, 0) is 4.79 Å². The van der Waals surface area contributed by atoms with Gasteiger partial charge in [0, 0.05) is 22.5 Å². The Labute approximate surface area is 150 Å². The van der Waals surface area contributed by atoms with E-state index in [2.05, 4.69) is 10.6 Å². The molecule has 5 nitrogen and oxygen atoms in total. The third-order valence-corrected chi connectivity index (χ3v) is 4.20. The number of methoxy groups -OCH3 is 1. The lowest BCUT2D eigenvalue weighted by Gasteiger charge is -2.11. The number of carbonyl (C=O) groups excluding carboxylic acids is 1. The minimum absolute atomic E-state index is 0.122. The largest absolute Gasteiger partial charge is 0.495 e. The molecule has 0 radical (unpaired) electrons. The predicted octanol–water partition coefficient (Wildman–Crippen LogP) is 4.65. The highest BCUT2D eigenvalue weighted by molar-refractivity contribution is 6.06. The van der Waals surface area contributed by atoms with Crippen molar-refractivity contribution >= 4 is 39.2 Å². The molecule has 0 aliphatic heterocycles. The van der Waals surface area contributed by atoms with Gasteiger partial charge in [-0.3, -0.25) is 4.79 Å². The van der Waals surface area contributed by atoms with Gasteiger partial charge < -0.3 is 19.8 Å². The molecule has 130 valence electrons. The SMILES string of the molecule is COc1cc2c(cc1NCC(=O)Nc1ccccc1)oc1ccccc12. The van der Waals surface area contributed by atoms with Gasteiger partial charge in [-0.15, -0.1) is 0 Å². The average Bonchev–Trinajstić information content (AvgIpc) is 3.03. The van der Waals surface area contributed by atoms with E-state index in [0.717, 1.165) is 27.6 Å². The molecule has 1 aromatic heterocycles. The maximum atomic E-state index is 12.2. The number of rotatable bonds is 5. The normalized spacial score (nSPS) is 10.8. The predicted molar refractivity (Wildman–Crippen MR) is 104 cm³/mol. The second kappa shape index (κ2) is 6.80. The lowest BCUT2D eigenvalue weighted by Crippen LogP contribution is -2.21.